The summed E-state index contributed by atoms with van der Waals surface area (Å²) < 4.78 is 0. The van der Waals surface area contributed by atoms with Gasteiger partial charge >= 0.3 is 0 Å². The molecule has 8 aromatic rings. The number of hydrogen-bond donors (Lipinski definition) is 0. The molecular weight excluding hydrogens is 627 g/mol. The number of fused-ring (bicyclic) bond motifs is 11. The summed E-state index contributed by atoms with van der Waals surface area (Å²) in [7, 11) is 0. The van der Waals surface area contributed by atoms with Gasteiger partial charge in [0.1, 0.15) is 0 Å². The highest BCUT2D eigenvalue weighted by atomic mass is 15.1. The van der Waals surface area contributed by atoms with Crippen LogP contribution in [0.3, 0.4) is 0 Å². The zero-order valence-electron chi connectivity index (χ0n) is 29.2. The minimum absolute atomic E-state index is 0.121. The first-order valence-electron chi connectivity index (χ1n) is 19.0. The smallest absolute Gasteiger partial charge is 0.0540 e. The van der Waals surface area contributed by atoms with E-state index in [4.69, 9.17) is 0 Å². The van der Waals surface area contributed by atoms with Gasteiger partial charge in [-0.15, -0.1) is 0 Å². The summed E-state index contributed by atoms with van der Waals surface area (Å²) in [4.78, 5) is 2.51. The van der Waals surface area contributed by atoms with Crippen molar-refractivity contribution in [2.24, 2.45) is 11.8 Å². The number of benzene rings is 8. The monoisotopic (exact) mass is 665 g/mol. The lowest BCUT2D eigenvalue weighted by molar-refractivity contribution is 0.327. The Morgan fingerprint density at radius 1 is 0.442 bits per heavy atom. The van der Waals surface area contributed by atoms with E-state index in [-0.39, 0.29) is 5.41 Å². The summed E-state index contributed by atoms with van der Waals surface area (Å²) in [5.74, 6) is 1.55. The highest BCUT2D eigenvalue weighted by molar-refractivity contribution is 6.13. The quantitative estimate of drug-likeness (QED) is 0.165. The van der Waals surface area contributed by atoms with E-state index in [2.05, 4.69) is 181 Å². The molecule has 2 saturated carbocycles. The van der Waals surface area contributed by atoms with Crippen molar-refractivity contribution in [1.29, 1.82) is 0 Å². The fraction of sp³-hybridized carbons (Fsp3) is 0.137. The number of rotatable bonds is 5. The van der Waals surface area contributed by atoms with Crippen molar-refractivity contribution in [3.8, 4) is 33.4 Å². The number of hydrogen-bond acceptors (Lipinski definition) is 1. The SMILES string of the molecule is c1ccc(-c2ccccc2N(c2ccc(-c3cc4ccccc4c4ccccc34)cc2)c2ccc3c(c2)C2(CC4CCC2C4)c2ccccc2-3)cc1. The molecule has 3 unspecified atom stereocenters. The Labute approximate surface area is 305 Å². The van der Waals surface area contributed by atoms with E-state index in [1.807, 2.05) is 0 Å². The van der Waals surface area contributed by atoms with Crippen molar-refractivity contribution >= 4 is 38.6 Å². The van der Waals surface area contributed by atoms with Crippen LogP contribution in [0.2, 0.25) is 0 Å². The molecule has 0 radical (unpaired) electrons. The van der Waals surface area contributed by atoms with E-state index >= 15 is 0 Å². The molecule has 3 aliphatic rings. The summed E-state index contributed by atoms with van der Waals surface area (Å²) in [6.07, 6.45) is 5.37. The van der Waals surface area contributed by atoms with Crippen LogP contribution < -0.4 is 4.90 Å². The normalized spacial score (nSPS) is 19.7. The van der Waals surface area contributed by atoms with Gasteiger partial charge in [0.2, 0.25) is 0 Å². The third kappa shape index (κ3) is 4.35. The molecule has 1 heteroatoms. The predicted octanol–water partition coefficient (Wildman–Crippen LogP) is 13.9. The Hall–Kier alpha value is -5.92. The van der Waals surface area contributed by atoms with Crippen LogP contribution in [0, 0.1) is 11.8 Å². The maximum absolute atomic E-state index is 2.57. The van der Waals surface area contributed by atoms with Gasteiger partial charge in [-0.25, -0.2) is 0 Å². The predicted molar refractivity (Wildman–Crippen MR) is 219 cm³/mol. The number of nitrogens with zero attached hydrogens (tertiary/aromatic N) is 1. The molecule has 248 valence electrons. The van der Waals surface area contributed by atoms with Gasteiger partial charge in [-0.05, 0) is 128 Å². The molecule has 3 atom stereocenters. The van der Waals surface area contributed by atoms with Gasteiger partial charge in [-0.3, -0.25) is 0 Å². The second-order valence-corrected chi connectivity index (χ2v) is 15.3. The van der Waals surface area contributed by atoms with Crippen LogP contribution in [0.15, 0.2) is 176 Å². The summed E-state index contributed by atoms with van der Waals surface area (Å²) in [6, 6.07) is 65.7. The van der Waals surface area contributed by atoms with Crippen LogP contribution in [-0.2, 0) is 5.41 Å². The largest absolute Gasteiger partial charge is 0.310 e. The lowest BCUT2D eigenvalue weighted by atomic mass is 9.67. The van der Waals surface area contributed by atoms with E-state index in [9.17, 15) is 0 Å². The first-order valence-corrected chi connectivity index (χ1v) is 19.0. The summed E-state index contributed by atoms with van der Waals surface area (Å²) >= 11 is 0. The van der Waals surface area contributed by atoms with E-state index in [0.29, 0.717) is 0 Å². The van der Waals surface area contributed by atoms with Crippen molar-refractivity contribution in [2.45, 2.75) is 31.1 Å². The van der Waals surface area contributed by atoms with E-state index in [1.54, 1.807) is 11.1 Å². The Morgan fingerprint density at radius 2 is 1.10 bits per heavy atom. The van der Waals surface area contributed by atoms with Gasteiger partial charge < -0.3 is 4.90 Å². The lowest BCUT2D eigenvalue weighted by Gasteiger charge is -2.37. The fourth-order valence-corrected chi connectivity index (χ4v) is 10.6. The molecule has 0 heterocycles. The zero-order valence-corrected chi connectivity index (χ0v) is 29.2. The van der Waals surface area contributed by atoms with Crippen molar-refractivity contribution in [3.63, 3.8) is 0 Å². The van der Waals surface area contributed by atoms with Crippen molar-refractivity contribution in [1.82, 2.24) is 0 Å². The molecule has 0 saturated heterocycles. The molecule has 1 nitrogen and oxygen atoms in total. The molecule has 11 rings (SSSR count). The highest BCUT2D eigenvalue weighted by Crippen LogP contribution is 2.66. The molecule has 0 aromatic heterocycles. The van der Waals surface area contributed by atoms with Gasteiger partial charge in [0, 0.05) is 22.4 Å². The molecule has 2 bridgehead atoms. The summed E-state index contributed by atoms with van der Waals surface area (Å²) in [6.45, 7) is 0. The van der Waals surface area contributed by atoms with Crippen LogP contribution in [0.4, 0.5) is 17.1 Å². The van der Waals surface area contributed by atoms with Crippen LogP contribution >= 0.6 is 0 Å². The maximum Gasteiger partial charge on any atom is 0.0540 e. The Bertz CT molecular complexity index is 2650. The summed E-state index contributed by atoms with van der Waals surface area (Å²) in [5.41, 5.74) is 14.6. The van der Waals surface area contributed by atoms with Crippen LogP contribution in [0.25, 0.3) is 54.9 Å². The molecule has 3 aliphatic carbocycles. The standard InChI is InChI=1S/C51H39N/c1-2-12-35(13-3-1)42-16-9-11-21-50(42)52(39-26-23-36(24-27-39)47-31-37-14-4-5-15-41(37)43-17-6-7-18-44(43)47)40-28-29-46-45-19-8-10-20-48(45)51(49(46)32-40)33-34-22-25-38(51)30-34/h1-21,23-24,26-29,31-32,34,38H,22,25,30,33H2. The maximum atomic E-state index is 2.57. The molecule has 1 spiro atoms. The van der Waals surface area contributed by atoms with Crippen molar-refractivity contribution in [3.05, 3.63) is 187 Å². The molecule has 8 aromatic carbocycles. The molecule has 52 heavy (non-hydrogen) atoms. The second kappa shape index (κ2) is 11.6. The van der Waals surface area contributed by atoms with E-state index in [1.165, 1.54) is 92.0 Å². The first-order chi connectivity index (χ1) is 25.8. The van der Waals surface area contributed by atoms with E-state index < -0.39 is 0 Å². The molecule has 0 aliphatic heterocycles. The fourth-order valence-electron chi connectivity index (χ4n) is 10.6. The van der Waals surface area contributed by atoms with Gasteiger partial charge in [-0.2, -0.15) is 0 Å². The first kappa shape index (κ1) is 29.8. The minimum Gasteiger partial charge on any atom is -0.310 e. The van der Waals surface area contributed by atoms with Gasteiger partial charge in [0.15, 0.2) is 0 Å². The van der Waals surface area contributed by atoms with Gasteiger partial charge in [-0.1, -0.05) is 146 Å². The van der Waals surface area contributed by atoms with Crippen LogP contribution in [0.5, 0.6) is 0 Å². The molecule has 0 N–H and O–H groups in total. The van der Waals surface area contributed by atoms with Gasteiger partial charge in [0.05, 0.1) is 5.69 Å². The Morgan fingerprint density at radius 3 is 1.90 bits per heavy atom. The second-order valence-electron chi connectivity index (χ2n) is 15.3. The summed E-state index contributed by atoms with van der Waals surface area (Å²) in [5, 5.41) is 5.16. The highest BCUT2D eigenvalue weighted by Gasteiger charge is 2.56. The Kier molecular flexibility index (Phi) is 6.61. The van der Waals surface area contributed by atoms with Crippen molar-refractivity contribution < 1.29 is 0 Å². The average molecular weight is 666 g/mol. The minimum atomic E-state index is 0.121. The number of anilines is 3. The zero-order chi connectivity index (χ0) is 34.2. The van der Waals surface area contributed by atoms with Crippen LogP contribution in [0.1, 0.15) is 36.8 Å². The Balaban J connectivity index is 1.10. The van der Waals surface area contributed by atoms with E-state index in [0.717, 1.165) is 17.5 Å². The lowest BCUT2D eigenvalue weighted by Crippen LogP contribution is -2.32. The molecule has 0 amide bonds. The molecule has 2 fully saturated rings. The third-order valence-corrected chi connectivity index (χ3v) is 12.7. The number of para-hydroxylation sites is 1. The molecular formula is C51H39N. The van der Waals surface area contributed by atoms with Gasteiger partial charge in [0.25, 0.3) is 0 Å². The third-order valence-electron chi connectivity index (χ3n) is 12.7. The average Bonchev–Trinajstić information content (AvgIpc) is 3.91. The van der Waals surface area contributed by atoms with Crippen LogP contribution in [-0.4, -0.2) is 0 Å². The van der Waals surface area contributed by atoms with Crippen molar-refractivity contribution in [2.75, 3.05) is 4.90 Å². The topological polar surface area (TPSA) is 3.24 Å².